The number of aliphatic imine (C=N–C) groups is 2. The van der Waals surface area contributed by atoms with E-state index in [1.165, 1.54) is 5.56 Å². The van der Waals surface area contributed by atoms with E-state index in [1.807, 2.05) is 50.3 Å². The number of halogens is 1. The van der Waals surface area contributed by atoms with Crippen LogP contribution in [0.5, 0.6) is 0 Å². The maximum absolute atomic E-state index is 10.1. The summed E-state index contributed by atoms with van der Waals surface area (Å²) in [6, 6.07) is 7.76. The van der Waals surface area contributed by atoms with Crippen LogP contribution in [0.15, 0.2) is 40.3 Å². The van der Waals surface area contributed by atoms with Crippen LogP contribution in [0.2, 0.25) is 0 Å². The molecule has 1 aliphatic carbocycles. The molecule has 29 heavy (non-hydrogen) atoms. The van der Waals surface area contributed by atoms with Crippen molar-refractivity contribution in [3.05, 3.63) is 41.5 Å². The van der Waals surface area contributed by atoms with E-state index in [-0.39, 0.29) is 30.4 Å². The summed E-state index contributed by atoms with van der Waals surface area (Å²) in [6.07, 6.45) is 2.00. The van der Waals surface area contributed by atoms with Crippen LogP contribution in [0.25, 0.3) is 6.08 Å². The SMILES string of the molecule is Cc1ccc(/C=C/C(C)/C(Cl)=N\C(N)=N/C(C)N[C@@H]2C[C@H](CO)[C@@H](O)[C@H]2O)cc1. The predicted octanol–water partition coefficient (Wildman–Crippen LogP) is 1.63. The van der Waals surface area contributed by atoms with Gasteiger partial charge in [-0.25, -0.2) is 9.98 Å². The lowest BCUT2D eigenvalue weighted by Gasteiger charge is -2.20. The van der Waals surface area contributed by atoms with Crippen molar-refractivity contribution in [1.82, 2.24) is 5.32 Å². The van der Waals surface area contributed by atoms with Gasteiger partial charge in [0.25, 0.3) is 0 Å². The molecule has 7 nitrogen and oxygen atoms in total. The number of aliphatic hydroxyl groups is 3. The molecule has 0 heterocycles. The molecule has 0 bridgehead atoms. The molecule has 1 aromatic rings. The number of benzene rings is 1. The van der Waals surface area contributed by atoms with Crippen molar-refractivity contribution in [2.45, 2.75) is 51.6 Å². The number of guanidine groups is 1. The van der Waals surface area contributed by atoms with Crippen LogP contribution in [0.4, 0.5) is 0 Å². The highest BCUT2D eigenvalue weighted by molar-refractivity contribution is 6.66. The van der Waals surface area contributed by atoms with Crippen molar-refractivity contribution < 1.29 is 15.3 Å². The van der Waals surface area contributed by atoms with Crippen molar-refractivity contribution in [3.63, 3.8) is 0 Å². The number of allylic oxidation sites excluding steroid dienone is 1. The quantitative estimate of drug-likeness (QED) is 0.337. The van der Waals surface area contributed by atoms with Gasteiger partial charge in [0.1, 0.15) is 11.3 Å². The van der Waals surface area contributed by atoms with E-state index in [0.29, 0.717) is 11.6 Å². The second-order valence-corrected chi connectivity index (χ2v) is 7.98. The second-order valence-electron chi connectivity index (χ2n) is 7.59. The lowest BCUT2D eigenvalue weighted by molar-refractivity contribution is -0.000934. The number of aliphatic hydroxyl groups excluding tert-OH is 3. The summed E-state index contributed by atoms with van der Waals surface area (Å²) in [7, 11) is 0. The largest absolute Gasteiger partial charge is 0.396 e. The molecule has 1 aliphatic rings. The first-order valence-corrected chi connectivity index (χ1v) is 10.1. The van der Waals surface area contributed by atoms with Crippen molar-refractivity contribution in [3.8, 4) is 0 Å². The molecule has 160 valence electrons. The Kier molecular flexibility index (Phi) is 8.79. The van der Waals surface area contributed by atoms with Crippen LogP contribution >= 0.6 is 11.6 Å². The zero-order valence-electron chi connectivity index (χ0n) is 17.0. The molecule has 0 amide bonds. The summed E-state index contributed by atoms with van der Waals surface area (Å²) >= 11 is 6.27. The van der Waals surface area contributed by atoms with Crippen LogP contribution in [0, 0.1) is 18.8 Å². The van der Waals surface area contributed by atoms with Gasteiger partial charge in [-0.3, -0.25) is 5.32 Å². The maximum Gasteiger partial charge on any atom is 0.218 e. The molecule has 0 aromatic heterocycles. The monoisotopic (exact) mass is 422 g/mol. The van der Waals surface area contributed by atoms with Crippen LogP contribution in [0.3, 0.4) is 0 Å². The van der Waals surface area contributed by atoms with Crippen molar-refractivity contribution in [2.75, 3.05) is 6.61 Å². The number of nitrogens with two attached hydrogens (primary N) is 1. The lowest BCUT2D eigenvalue weighted by atomic mass is 10.1. The Morgan fingerprint density at radius 3 is 2.52 bits per heavy atom. The van der Waals surface area contributed by atoms with Crippen LogP contribution in [-0.2, 0) is 0 Å². The topological polar surface area (TPSA) is 123 Å². The minimum atomic E-state index is -0.968. The van der Waals surface area contributed by atoms with Gasteiger partial charge in [-0.05, 0) is 25.8 Å². The van der Waals surface area contributed by atoms with Crippen molar-refractivity contribution in [1.29, 1.82) is 0 Å². The third-order valence-electron chi connectivity index (χ3n) is 5.07. The molecule has 0 spiro atoms. The molecular weight excluding hydrogens is 392 g/mol. The van der Waals surface area contributed by atoms with Gasteiger partial charge in [0, 0.05) is 24.5 Å². The average molecular weight is 423 g/mol. The molecular formula is C21H31ClN4O3. The van der Waals surface area contributed by atoms with Crippen LogP contribution < -0.4 is 11.1 Å². The summed E-state index contributed by atoms with van der Waals surface area (Å²) in [5.74, 6) is -0.464. The summed E-state index contributed by atoms with van der Waals surface area (Å²) < 4.78 is 0. The van der Waals surface area contributed by atoms with Crippen molar-refractivity contribution >= 4 is 28.8 Å². The highest BCUT2D eigenvalue weighted by Gasteiger charge is 2.41. The normalized spacial score (nSPS) is 28.1. The maximum atomic E-state index is 10.1. The van der Waals surface area contributed by atoms with Gasteiger partial charge >= 0.3 is 0 Å². The molecule has 1 saturated carbocycles. The number of rotatable bonds is 7. The molecule has 8 heteroatoms. The zero-order chi connectivity index (χ0) is 21.6. The van der Waals surface area contributed by atoms with Gasteiger partial charge < -0.3 is 21.1 Å². The minimum Gasteiger partial charge on any atom is -0.396 e. The number of hydrogen-bond donors (Lipinski definition) is 5. The Morgan fingerprint density at radius 2 is 1.93 bits per heavy atom. The zero-order valence-corrected chi connectivity index (χ0v) is 17.8. The Bertz CT molecular complexity index is 751. The van der Waals surface area contributed by atoms with Gasteiger partial charge in [0.05, 0.1) is 12.2 Å². The van der Waals surface area contributed by atoms with Gasteiger partial charge in [-0.2, -0.15) is 0 Å². The third kappa shape index (κ3) is 6.90. The van der Waals surface area contributed by atoms with E-state index >= 15 is 0 Å². The number of hydrogen-bond acceptors (Lipinski definition) is 5. The van der Waals surface area contributed by atoms with Crippen LogP contribution in [0.1, 0.15) is 31.4 Å². The Morgan fingerprint density at radius 1 is 1.28 bits per heavy atom. The Hall–Kier alpha value is -1.77. The second kappa shape index (κ2) is 10.8. The molecule has 0 aliphatic heterocycles. The predicted molar refractivity (Wildman–Crippen MR) is 118 cm³/mol. The Labute approximate surface area is 177 Å². The highest BCUT2D eigenvalue weighted by Crippen LogP contribution is 2.26. The van der Waals surface area contributed by atoms with Gasteiger partial charge in [-0.15, -0.1) is 0 Å². The molecule has 0 saturated heterocycles. The third-order valence-corrected chi connectivity index (χ3v) is 5.50. The molecule has 2 rings (SSSR count). The first-order valence-electron chi connectivity index (χ1n) is 9.76. The van der Waals surface area contributed by atoms with E-state index in [2.05, 4.69) is 15.3 Å². The molecule has 6 atom stereocenters. The molecule has 0 radical (unpaired) electrons. The van der Waals surface area contributed by atoms with E-state index in [9.17, 15) is 15.3 Å². The number of nitrogens with one attached hydrogen (secondary N) is 1. The number of nitrogens with zero attached hydrogens (tertiary/aromatic N) is 2. The fourth-order valence-electron chi connectivity index (χ4n) is 3.27. The van der Waals surface area contributed by atoms with Gasteiger partial charge in [0.15, 0.2) is 0 Å². The van der Waals surface area contributed by atoms with E-state index in [1.54, 1.807) is 6.92 Å². The summed E-state index contributed by atoms with van der Waals surface area (Å²) in [4.78, 5) is 8.38. The van der Waals surface area contributed by atoms with Crippen molar-refractivity contribution in [2.24, 2.45) is 27.6 Å². The summed E-state index contributed by atoms with van der Waals surface area (Å²) in [6.45, 7) is 5.54. The number of aryl methyl sites for hydroxylation is 1. The van der Waals surface area contributed by atoms with Crippen LogP contribution in [-0.4, -0.2) is 57.5 Å². The summed E-state index contributed by atoms with van der Waals surface area (Å²) in [5, 5.41) is 32.6. The fourth-order valence-corrected chi connectivity index (χ4v) is 3.43. The van der Waals surface area contributed by atoms with E-state index in [0.717, 1.165) is 5.56 Å². The highest BCUT2D eigenvalue weighted by atomic mass is 35.5. The lowest BCUT2D eigenvalue weighted by Crippen LogP contribution is -2.44. The molecule has 1 aromatic carbocycles. The first-order chi connectivity index (χ1) is 13.7. The minimum absolute atomic E-state index is 0.0253. The Balaban J connectivity index is 1.93. The smallest absolute Gasteiger partial charge is 0.218 e. The van der Waals surface area contributed by atoms with E-state index in [4.69, 9.17) is 17.3 Å². The molecule has 2 unspecified atom stereocenters. The molecule has 1 fully saturated rings. The standard InChI is InChI=1S/C21H31ClN4O3/c1-12-4-7-15(8-5-12)9-6-13(2)20(22)26-21(23)25-14(3)24-17-10-16(11-27)18(28)19(17)29/h4-9,13-14,16-19,24,27-29H,10-11H2,1-3H3,(H2,23,25)/b9-6+,26-20+/t13?,14?,16-,17-,18-,19+/m1/s1. The van der Waals surface area contributed by atoms with Gasteiger partial charge in [-0.1, -0.05) is 60.5 Å². The average Bonchev–Trinajstić information content (AvgIpc) is 2.94. The summed E-state index contributed by atoms with van der Waals surface area (Å²) in [5.41, 5.74) is 8.16. The van der Waals surface area contributed by atoms with E-state index < -0.39 is 18.4 Å². The fraction of sp³-hybridized carbons (Fsp3) is 0.524. The molecule has 6 N–H and O–H groups in total. The van der Waals surface area contributed by atoms with Gasteiger partial charge in [0.2, 0.25) is 5.96 Å². The first kappa shape index (κ1) is 23.5.